The van der Waals surface area contributed by atoms with Crippen LogP contribution < -0.4 is 10.5 Å². The Bertz CT molecular complexity index is 424. The third-order valence-electron chi connectivity index (χ3n) is 2.21. The SMILES string of the molecule is CCOCC(C)Oc1cc(Cl)ccc1/C(N)=N/O. The van der Waals surface area contributed by atoms with Crippen LogP contribution in [0.3, 0.4) is 0 Å². The molecule has 0 aliphatic rings. The van der Waals surface area contributed by atoms with E-state index in [1.807, 2.05) is 13.8 Å². The molecule has 6 heteroatoms. The monoisotopic (exact) mass is 272 g/mol. The highest BCUT2D eigenvalue weighted by molar-refractivity contribution is 6.30. The lowest BCUT2D eigenvalue weighted by Crippen LogP contribution is -2.22. The van der Waals surface area contributed by atoms with E-state index in [4.69, 9.17) is 32.0 Å². The van der Waals surface area contributed by atoms with E-state index in [1.165, 1.54) is 0 Å². The normalized spacial score (nSPS) is 13.4. The molecular formula is C12H17ClN2O3. The number of hydrogen-bond donors (Lipinski definition) is 2. The molecule has 18 heavy (non-hydrogen) atoms. The van der Waals surface area contributed by atoms with Crippen LogP contribution in [0.15, 0.2) is 23.4 Å². The maximum atomic E-state index is 8.71. The number of halogens is 1. The minimum Gasteiger partial charge on any atom is -0.487 e. The highest BCUT2D eigenvalue weighted by Gasteiger charge is 2.12. The Hall–Kier alpha value is -1.46. The van der Waals surface area contributed by atoms with Crippen molar-refractivity contribution in [2.45, 2.75) is 20.0 Å². The van der Waals surface area contributed by atoms with Gasteiger partial charge in [-0.3, -0.25) is 0 Å². The Morgan fingerprint density at radius 1 is 1.56 bits per heavy atom. The van der Waals surface area contributed by atoms with Crippen LogP contribution in [0.4, 0.5) is 0 Å². The van der Waals surface area contributed by atoms with Crippen LogP contribution in [0.5, 0.6) is 5.75 Å². The zero-order valence-electron chi connectivity index (χ0n) is 10.4. The van der Waals surface area contributed by atoms with E-state index in [9.17, 15) is 0 Å². The van der Waals surface area contributed by atoms with Crippen LogP contribution in [0, 0.1) is 0 Å². The van der Waals surface area contributed by atoms with Gasteiger partial charge in [-0.25, -0.2) is 0 Å². The Kier molecular flexibility index (Phi) is 5.74. The molecule has 0 heterocycles. The van der Waals surface area contributed by atoms with E-state index in [2.05, 4.69) is 5.16 Å². The van der Waals surface area contributed by atoms with Gasteiger partial charge in [-0.1, -0.05) is 16.8 Å². The van der Waals surface area contributed by atoms with E-state index in [-0.39, 0.29) is 11.9 Å². The number of oxime groups is 1. The molecule has 3 N–H and O–H groups in total. The Morgan fingerprint density at radius 3 is 2.89 bits per heavy atom. The second-order valence-corrected chi connectivity index (χ2v) is 4.15. The van der Waals surface area contributed by atoms with Gasteiger partial charge >= 0.3 is 0 Å². The van der Waals surface area contributed by atoms with Gasteiger partial charge in [-0.2, -0.15) is 0 Å². The van der Waals surface area contributed by atoms with Crippen molar-refractivity contribution < 1.29 is 14.7 Å². The number of amidine groups is 1. The largest absolute Gasteiger partial charge is 0.487 e. The molecule has 0 aromatic heterocycles. The summed E-state index contributed by atoms with van der Waals surface area (Å²) in [6.45, 7) is 4.86. The second kappa shape index (κ2) is 7.08. The van der Waals surface area contributed by atoms with Gasteiger partial charge in [-0.15, -0.1) is 0 Å². The second-order valence-electron chi connectivity index (χ2n) is 3.71. The topological polar surface area (TPSA) is 77.1 Å². The van der Waals surface area contributed by atoms with E-state index >= 15 is 0 Å². The third kappa shape index (κ3) is 4.09. The fraction of sp³-hybridized carbons (Fsp3) is 0.417. The lowest BCUT2D eigenvalue weighted by molar-refractivity contribution is 0.0656. The predicted molar refractivity (Wildman–Crippen MR) is 70.5 cm³/mol. The number of ether oxygens (including phenoxy) is 2. The average molecular weight is 273 g/mol. The minimum absolute atomic E-state index is 0.0229. The first-order chi connectivity index (χ1) is 8.58. The summed E-state index contributed by atoms with van der Waals surface area (Å²) in [5.74, 6) is 0.440. The molecule has 0 radical (unpaired) electrons. The third-order valence-corrected chi connectivity index (χ3v) is 2.45. The van der Waals surface area contributed by atoms with Crippen LogP contribution >= 0.6 is 11.6 Å². The molecule has 0 aliphatic carbocycles. The van der Waals surface area contributed by atoms with Crippen molar-refractivity contribution in [3.8, 4) is 5.75 Å². The molecule has 5 nitrogen and oxygen atoms in total. The first-order valence-electron chi connectivity index (χ1n) is 5.60. The lowest BCUT2D eigenvalue weighted by atomic mass is 10.2. The van der Waals surface area contributed by atoms with E-state index in [1.54, 1.807) is 18.2 Å². The van der Waals surface area contributed by atoms with Crippen molar-refractivity contribution in [2.24, 2.45) is 10.9 Å². The first-order valence-corrected chi connectivity index (χ1v) is 5.98. The molecule has 0 spiro atoms. The van der Waals surface area contributed by atoms with Crippen molar-refractivity contribution >= 4 is 17.4 Å². The van der Waals surface area contributed by atoms with Crippen molar-refractivity contribution in [2.75, 3.05) is 13.2 Å². The van der Waals surface area contributed by atoms with Gasteiger partial charge in [0.15, 0.2) is 5.84 Å². The Balaban J connectivity index is 2.88. The smallest absolute Gasteiger partial charge is 0.173 e. The van der Waals surface area contributed by atoms with Gasteiger partial charge < -0.3 is 20.4 Å². The summed E-state index contributed by atoms with van der Waals surface area (Å²) >= 11 is 5.90. The van der Waals surface area contributed by atoms with Crippen molar-refractivity contribution in [3.63, 3.8) is 0 Å². The molecule has 0 bridgehead atoms. The standard InChI is InChI=1S/C12H17ClN2O3/c1-3-17-7-8(2)18-11-6-9(13)4-5-10(11)12(14)15-16/h4-6,8,16H,3,7H2,1-2H3,(H2,14,15). The molecule has 1 unspecified atom stereocenters. The lowest BCUT2D eigenvalue weighted by Gasteiger charge is -2.17. The number of nitrogens with two attached hydrogens (primary N) is 1. The van der Waals surface area contributed by atoms with Crippen LogP contribution in [-0.2, 0) is 4.74 Å². The maximum Gasteiger partial charge on any atom is 0.173 e. The summed E-state index contributed by atoms with van der Waals surface area (Å²) in [6, 6.07) is 4.91. The molecule has 1 rings (SSSR count). The molecule has 100 valence electrons. The van der Waals surface area contributed by atoms with Gasteiger partial charge in [0.1, 0.15) is 11.9 Å². The minimum atomic E-state index is -0.159. The van der Waals surface area contributed by atoms with Crippen LogP contribution in [-0.4, -0.2) is 30.4 Å². The summed E-state index contributed by atoms with van der Waals surface area (Å²) in [5, 5.41) is 12.2. The molecular weight excluding hydrogens is 256 g/mol. The zero-order chi connectivity index (χ0) is 13.5. The van der Waals surface area contributed by atoms with Crippen molar-refractivity contribution in [1.82, 2.24) is 0 Å². The zero-order valence-corrected chi connectivity index (χ0v) is 11.1. The van der Waals surface area contributed by atoms with Crippen LogP contribution in [0.2, 0.25) is 5.02 Å². The summed E-state index contributed by atoms with van der Waals surface area (Å²) in [5.41, 5.74) is 6.06. The van der Waals surface area contributed by atoms with Gasteiger partial charge in [0.25, 0.3) is 0 Å². The summed E-state index contributed by atoms with van der Waals surface area (Å²) in [4.78, 5) is 0. The number of benzene rings is 1. The molecule has 1 aromatic rings. The molecule has 0 fully saturated rings. The van der Waals surface area contributed by atoms with Gasteiger partial charge in [-0.05, 0) is 32.0 Å². The summed E-state index contributed by atoms with van der Waals surface area (Å²) in [7, 11) is 0. The molecule has 1 aromatic carbocycles. The number of nitrogens with zero attached hydrogens (tertiary/aromatic N) is 1. The van der Waals surface area contributed by atoms with Crippen LogP contribution in [0.1, 0.15) is 19.4 Å². The highest BCUT2D eigenvalue weighted by Crippen LogP contribution is 2.24. The van der Waals surface area contributed by atoms with Gasteiger partial charge in [0, 0.05) is 11.6 Å². The average Bonchev–Trinajstić information content (AvgIpc) is 2.35. The first kappa shape index (κ1) is 14.6. The number of rotatable bonds is 6. The van der Waals surface area contributed by atoms with Crippen LogP contribution in [0.25, 0.3) is 0 Å². The molecule has 0 amide bonds. The Labute approximate surface area is 111 Å². The van der Waals surface area contributed by atoms with Gasteiger partial charge in [0.2, 0.25) is 0 Å². The van der Waals surface area contributed by atoms with E-state index in [0.29, 0.717) is 29.5 Å². The van der Waals surface area contributed by atoms with Crippen molar-refractivity contribution in [1.29, 1.82) is 0 Å². The fourth-order valence-electron chi connectivity index (χ4n) is 1.39. The van der Waals surface area contributed by atoms with E-state index < -0.39 is 0 Å². The van der Waals surface area contributed by atoms with Gasteiger partial charge in [0.05, 0.1) is 12.2 Å². The molecule has 0 saturated carbocycles. The molecule has 0 saturated heterocycles. The fourth-order valence-corrected chi connectivity index (χ4v) is 1.56. The van der Waals surface area contributed by atoms with E-state index in [0.717, 1.165) is 0 Å². The van der Waals surface area contributed by atoms with Crippen molar-refractivity contribution in [3.05, 3.63) is 28.8 Å². The summed E-state index contributed by atoms with van der Waals surface area (Å²) in [6.07, 6.45) is -0.159. The quantitative estimate of drug-likeness (QED) is 0.360. The predicted octanol–water partition coefficient (Wildman–Crippen LogP) is 2.24. The summed E-state index contributed by atoms with van der Waals surface area (Å²) < 4.78 is 10.9. The molecule has 0 aliphatic heterocycles. The Morgan fingerprint density at radius 2 is 2.28 bits per heavy atom. The number of hydrogen-bond acceptors (Lipinski definition) is 4. The highest BCUT2D eigenvalue weighted by atomic mass is 35.5. The molecule has 1 atom stereocenters. The maximum absolute atomic E-state index is 8.71.